The molecule has 0 atom stereocenters. The zero-order valence-corrected chi connectivity index (χ0v) is 19.2. The number of nitrogens with zero attached hydrogens (tertiary/aromatic N) is 1. The van der Waals surface area contributed by atoms with Crippen LogP contribution < -0.4 is 5.32 Å². The fourth-order valence-electron chi connectivity index (χ4n) is 3.50. The Morgan fingerprint density at radius 1 is 0.719 bits per heavy atom. The summed E-state index contributed by atoms with van der Waals surface area (Å²) in [6.07, 6.45) is 0.325. The van der Waals surface area contributed by atoms with E-state index in [1.165, 1.54) is 5.56 Å². The van der Waals surface area contributed by atoms with Gasteiger partial charge in [-0.1, -0.05) is 93.6 Å². The number of carbonyl (C=O) groups excluding carboxylic acids is 2. The molecule has 4 heteroatoms. The molecule has 0 saturated carbocycles. The first-order valence-corrected chi connectivity index (χ1v) is 11.1. The van der Waals surface area contributed by atoms with Crippen molar-refractivity contribution in [2.75, 3.05) is 5.32 Å². The first kappa shape index (κ1) is 23.3. The normalized spacial score (nSPS) is 11.1. The molecule has 0 aromatic heterocycles. The molecule has 4 nitrogen and oxygen atoms in total. The second kappa shape index (κ2) is 10.8. The standard InChI is InChI=1S/C28H32N2O2/c1-28(2,3)24-14-16-25(17-15-24)29-26(31)18-19-27(32)30(20-22-10-6-4-7-11-22)21-23-12-8-5-9-13-23/h4-17H,18-21H2,1-3H3,(H,29,31). The van der Waals surface area contributed by atoms with Crippen molar-refractivity contribution in [3.8, 4) is 0 Å². The van der Waals surface area contributed by atoms with Crippen molar-refractivity contribution in [3.05, 3.63) is 102 Å². The molecule has 0 spiro atoms. The van der Waals surface area contributed by atoms with Crippen LogP contribution in [0.5, 0.6) is 0 Å². The Morgan fingerprint density at radius 3 is 1.69 bits per heavy atom. The Balaban J connectivity index is 1.59. The lowest BCUT2D eigenvalue weighted by Gasteiger charge is -2.23. The maximum absolute atomic E-state index is 13.0. The minimum Gasteiger partial charge on any atom is -0.334 e. The number of carbonyl (C=O) groups is 2. The van der Waals surface area contributed by atoms with E-state index in [0.717, 1.165) is 16.8 Å². The molecule has 0 aliphatic heterocycles. The quantitative estimate of drug-likeness (QED) is 0.483. The molecule has 0 aliphatic rings. The summed E-state index contributed by atoms with van der Waals surface area (Å²) >= 11 is 0. The zero-order chi connectivity index (χ0) is 23.0. The highest BCUT2D eigenvalue weighted by atomic mass is 16.2. The predicted molar refractivity (Wildman–Crippen MR) is 130 cm³/mol. The van der Waals surface area contributed by atoms with E-state index in [0.29, 0.717) is 13.1 Å². The number of benzene rings is 3. The Hall–Kier alpha value is -3.40. The lowest BCUT2D eigenvalue weighted by atomic mass is 9.87. The molecule has 1 N–H and O–H groups in total. The SMILES string of the molecule is CC(C)(C)c1ccc(NC(=O)CCC(=O)N(Cc2ccccc2)Cc2ccccc2)cc1. The molecule has 0 saturated heterocycles. The van der Waals surface area contributed by atoms with Crippen LogP contribution in [0.25, 0.3) is 0 Å². The third kappa shape index (κ3) is 7.09. The van der Waals surface area contributed by atoms with Gasteiger partial charge in [-0.2, -0.15) is 0 Å². The minimum atomic E-state index is -0.152. The van der Waals surface area contributed by atoms with Gasteiger partial charge in [0.2, 0.25) is 11.8 Å². The molecule has 3 rings (SSSR count). The largest absolute Gasteiger partial charge is 0.334 e. The van der Waals surface area contributed by atoms with Gasteiger partial charge in [-0.25, -0.2) is 0 Å². The van der Waals surface area contributed by atoms with Gasteiger partial charge in [0, 0.05) is 31.6 Å². The molecule has 0 radical (unpaired) electrons. The van der Waals surface area contributed by atoms with E-state index in [9.17, 15) is 9.59 Å². The first-order chi connectivity index (χ1) is 15.3. The average Bonchev–Trinajstić information content (AvgIpc) is 2.78. The molecule has 3 aromatic carbocycles. The first-order valence-electron chi connectivity index (χ1n) is 11.1. The van der Waals surface area contributed by atoms with Gasteiger partial charge in [0.05, 0.1) is 0 Å². The van der Waals surface area contributed by atoms with E-state index >= 15 is 0 Å². The Bertz CT molecular complexity index is 965. The van der Waals surface area contributed by atoms with Crippen molar-refractivity contribution < 1.29 is 9.59 Å². The number of nitrogens with one attached hydrogen (secondary N) is 1. The maximum atomic E-state index is 13.0. The highest BCUT2D eigenvalue weighted by Crippen LogP contribution is 2.23. The fraction of sp³-hybridized carbons (Fsp3) is 0.286. The van der Waals surface area contributed by atoms with Crippen molar-refractivity contribution in [3.63, 3.8) is 0 Å². The summed E-state index contributed by atoms with van der Waals surface area (Å²) in [5, 5.41) is 2.90. The molecule has 0 unspecified atom stereocenters. The summed E-state index contributed by atoms with van der Waals surface area (Å²) in [6, 6.07) is 27.8. The van der Waals surface area contributed by atoms with Crippen LogP contribution in [0, 0.1) is 0 Å². The minimum absolute atomic E-state index is 0.0315. The Labute approximate surface area is 191 Å². The molecule has 32 heavy (non-hydrogen) atoms. The molecule has 0 fully saturated rings. The molecule has 0 bridgehead atoms. The highest BCUT2D eigenvalue weighted by molar-refractivity contribution is 5.93. The fourth-order valence-corrected chi connectivity index (χ4v) is 3.50. The Kier molecular flexibility index (Phi) is 7.82. The van der Waals surface area contributed by atoms with Gasteiger partial charge in [-0.15, -0.1) is 0 Å². The van der Waals surface area contributed by atoms with Gasteiger partial charge in [0.25, 0.3) is 0 Å². The van der Waals surface area contributed by atoms with Crippen molar-refractivity contribution in [2.24, 2.45) is 0 Å². The number of hydrogen-bond acceptors (Lipinski definition) is 2. The molecule has 166 valence electrons. The van der Waals surface area contributed by atoms with E-state index in [2.05, 4.69) is 26.1 Å². The zero-order valence-electron chi connectivity index (χ0n) is 19.2. The van der Waals surface area contributed by atoms with Gasteiger partial charge >= 0.3 is 0 Å². The van der Waals surface area contributed by atoms with Gasteiger partial charge in [0.15, 0.2) is 0 Å². The van der Waals surface area contributed by atoms with Crippen molar-refractivity contribution >= 4 is 17.5 Å². The summed E-state index contributed by atoms with van der Waals surface area (Å²) in [5.41, 5.74) is 4.17. The van der Waals surface area contributed by atoms with Gasteiger partial charge in [-0.05, 0) is 34.2 Å². The van der Waals surface area contributed by atoms with E-state index in [4.69, 9.17) is 0 Å². The summed E-state index contributed by atoms with van der Waals surface area (Å²) in [5.74, 6) is -0.183. The number of hydrogen-bond donors (Lipinski definition) is 1. The number of amides is 2. The van der Waals surface area contributed by atoms with Crippen LogP contribution in [0.4, 0.5) is 5.69 Å². The van der Waals surface area contributed by atoms with Crippen molar-refractivity contribution in [1.82, 2.24) is 4.90 Å². The summed E-state index contributed by atoms with van der Waals surface area (Å²) in [4.78, 5) is 27.3. The van der Waals surface area contributed by atoms with Crippen LogP contribution >= 0.6 is 0 Å². The van der Waals surface area contributed by atoms with Crippen molar-refractivity contribution in [1.29, 1.82) is 0 Å². The lowest BCUT2D eigenvalue weighted by molar-refractivity contribution is -0.134. The van der Waals surface area contributed by atoms with E-state index in [1.807, 2.05) is 89.8 Å². The molecule has 2 amide bonds. The molecule has 0 aliphatic carbocycles. The number of anilines is 1. The second-order valence-electron chi connectivity index (χ2n) is 9.10. The molecular formula is C28H32N2O2. The van der Waals surface area contributed by atoms with Crippen LogP contribution in [-0.4, -0.2) is 16.7 Å². The summed E-state index contributed by atoms with van der Waals surface area (Å²) in [7, 11) is 0. The highest BCUT2D eigenvalue weighted by Gasteiger charge is 2.17. The third-order valence-corrected chi connectivity index (χ3v) is 5.39. The van der Waals surface area contributed by atoms with Gasteiger partial charge < -0.3 is 10.2 Å². The topological polar surface area (TPSA) is 49.4 Å². The van der Waals surface area contributed by atoms with Crippen molar-refractivity contribution in [2.45, 2.75) is 52.1 Å². The maximum Gasteiger partial charge on any atom is 0.224 e. The Morgan fingerprint density at radius 2 is 1.22 bits per heavy atom. The molecule has 0 heterocycles. The smallest absolute Gasteiger partial charge is 0.224 e. The number of rotatable bonds is 8. The van der Waals surface area contributed by atoms with E-state index in [-0.39, 0.29) is 30.1 Å². The second-order valence-corrected chi connectivity index (χ2v) is 9.10. The monoisotopic (exact) mass is 428 g/mol. The lowest BCUT2D eigenvalue weighted by Crippen LogP contribution is -2.30. The van der Waals surface area contributed by atoms with Crippen LogP contribution in [-0.2, 0) is 28.1 Å². The van der Waals surface area contributed by atoms with Gasteiger partial charge in [-0.3, -0.25) is 9.59 Å². The van der Waals surface area contributed by atoms with Crippen LogP contribution in [0.1, 0.15) is 50.3 Å². The average molecular weight is 429 g/mol. The van der Waals surface area contributed by atoms with E-state index < -0.39 is 0 Å². The molecular weight excluding hydrogens is 396 g/mol. The summed E-state index contributed by atoms with van der Waals surface area (Å²) < 4.78 is 0. The predicted octanol–water partition coefficient (Wildman–Crippen LogP) is 5.93. The van der Waals surface area contributed by atoms with Crippen LogP contribution in [0.2, 0.25) is 0 Å². The van der Waals surface area contributed by atoms with E-state index in [1.54, 1.807) is 0 Å². The van der Waals surface area contributed by atoms with Gasteiger partial charge in [0.1, 0.15) is 0 Å². The summed E-state index contributed by atoms with van der Waals surface area (Å²) in [6.45, 7) is 7.50. The van der Waals surface area contributed by atoms with Crippen LogP contribution in [0.15, 0.2) is 84.9 Å². The third-order valence-electron chi connectivity index (χ3n) is 5.39. The van der Waals surface area contributed by atoms with Crippen LogP contribution in [0.3, 0.4) is 0 Å². The molecule has 3 aromatic rings.